The zero-order chi connectivity index (χ0) is 9.14. The molecule has 0 aliphatic heterocycles. The highest BCUT2D eigenvalue weighted by atomic mass is 35.5. The third-order valence-electron chi connectivity index (χ3n) is 1.73. The van der Waals surface area contributed by atoms with Crippen LogP contribution in [0.4, 0.5) is 0 Å². The molecule has 12 heavy (non-hydrogen) atoms. The molecule has 1 rings (SSSR count). The first kappa shape index (κ1) is 9.40. The van der Waals surface area contributed by atoms with Gasteiger partial charge in [-0.25, -0.2) is 0 Å². The third-order valence-corrected chi connectivity index (χ3v) is 2.03. The molecule has 1 unspecified atom stereocenters. The minimum atomic E-state index is 0.193. The molecule has 0 saturated carbocycles. The van der Waals surface area contributed by atoms with E-state index in [2.05, 4.69) is 6.92 Å². The van der Waals surface area contributed by atoms with Crippen LogP contribution in [0.5, 0.6) is 5.75 Å². The van der Waals surface area contributed by atoms with E-state index < -0.39 is 0 Å². The van der Waals surface area contributed by atoms with Crippen LogP contribution in [0.15, 0.2) is 18.2 Å². The molecule has 0 spiro atoms. The van der Waals surface area contributed by atoms with E-state index in [1.807, 2.05) is 25.1 Å². The van der Waals surface area contributed by atoms with Gasteiger partial charge in [-0.1, -0.05) is 30.7 Å². The maximum Gasteiger partial charge on any atom is 0.140 e. The van der Waals surface area contributed by atoms with Gasteiger partial charge in [0, 0.05) is 0 Å². The Morgan fingerprint density at radius 1 is 1.50 bits per heavy atom. The molecular weight excluding hydrogens is 172 g/mol. The highest BCUT2D eigenvalue weighted by molar-refractivity contribution is 6.32. The molecule has 0 bridgehead atoms. The molecule has 0 heterocycles. The molecule has 1 radical (unpaired) electrons. The summed E-state index contributed by atoms with van der Waals surface area (Å²) >= 11 is 5.92. The standard InChI is InChI=1S/C10H12ClO/c1-7(2)8-5-4-6-9(11)10(8)12-3/h4-7H,1H2,2-3H3. The first-order valence-corrected chi connectivity index (χ1v) is 4.20. The molecule has 0 amide bonds. The molecule has 2 heteroatoms. The van der Waals surface area contributed by atoms with Gasteiger partial charge >= 0.3 is 0 Å². The molecule has 0 fully saturated rings. The van der Waals surface area contributed by atoms with Crippen molar-refractivity contribution in [3.63, 3.8) is 0 Å². The van der Waals surface area contributed by atoms with Crippen LogP contribution in [0, 0.1) is 6.92 Å². The summed E-state index contributed by atoms with van der Waals surface area (Å²) in [5.41, 5.74) is 1.05. The summed E-state index contributed by atoms with van der Waals surface area (Å²) < 4.78 is 5.17. The highest BCUT2D eigenvalue weighted by Gasteiger charge is 2.09. The topological polar surface area (TPSA) is 9.23 Å². The molecule has 0 N–H and O–H groups in total. The van der Waals surface area contributed by atoms with Gasteiger partial charge in [0.2, 0.25) is 0 Å². The van der Waals surface area contributed by atoms with Gasteiger partial charge in [-0.2, -0.15) is 0 Å². The zero-order valence-electron chi connectivity index (χ0n) is 7.30. The lowest BCUT2D eigenvalue weighted by Crippen LogP contribution is -1.94. The Morgan fingerprint density at radius 2 is 2.17 bits per heavy atom. The minimum Gasteiger partial charge on any atom is -0.495 e. The van der Waals surface area contributed by atoms with Crippen LogP contribution in [0.2, 0.25) is 5.02 Å². The molecule has 65 valence electrons. The molecular formula is C10H12ClO. The van der Waals surface area contributed by atoms with Crippen LogP contribution >= 0.6 is 11.6 Å². The summed E-state index contributed by atoms with van der Waals surface area (Å²) in [6.07, 6.45) is 0. The predicted octanol–water partition coefficient (Wildman–Crippen LogP) is 3.29. The number of ether oxygens (including phenoxy) is 1. The van der Waals surface area contributed by atoms with E-state index >= 15 is 0 Å². The van der Waals surface area contributed by atoms with E-state index in [4.69, 9.17) is 16.3 Å². The third kappa shape index (κ3) is 1.72. The number of rotatable bonds is 2. The van der Waals surface area contributed by atoms with Crippen molar-refractivity contribution >= 4 is 11.6 Å². The van der Waals surface area contributed by atoms with Crippen LogP contribution in [0.1, 0.15) is 18.4 Å². The van der Waals surface area contributed by atoms with Crippen LogP contribution in [-0.4, -0.2) is 7.11 Å². The maximum absolute atomic E-state index is 5.92. The van der Waals surface area contributed by atoms with Crippen molar-refractivity contribution < 1.29 is 4.74 Å². The fraction of sp³-hybridized carbons (Fsp3) is 0.300. The van der Waals surface area contributed by atoms with E-state index in [0.717, 1.165) is 11.3 Å². The lowest BCUT2D eigenvalue weighted by molar-refractivity contribution is 0.409. The molecule has 1 aromatic carbocycles. The van der Waals surface area contributed by atoms with E-state index in [-0.39, 0.29) is 5.92 Å². The second-order valence-corrected chi connectivity index (χ2v) is 3.17. The summed E-state index contributed by atoms with van der Waals surface area (Å²) in [7, 11) is 1.62. The Morgan fingerprint density at radius 3 is 2.58 bits per heavy atom. The second kappa shape index (κ2) is 3.81. The largest absolute Gasteiger partial charge is 0.495 e. The minimum absolute atomic E-state index is 0.193. The van der Waals surface area contributed by atoms with Gasteiger partial charge in [-0.15, -0.1) is 0 Å². The normalized spacial score (nSPS) is 10.4. The number of hydrogen-bond acceptors (Lipinski definition) is 1. The van der Waals surface area contributed by atoms with Gasteiger partial charge in [0.05, 0.1) is 12.1 Å². The zero-order valence-corrected chi connectivity index (χ0v) is 8.06. The Hall–Kier alpha value is -0.690. The summed E-state index contributed by atoms with van der Waals surface area (Å²) in [6.45, 7) is 5.93. The Labute approximate surface area is 78.3 Å². The van der Waals surface area contributed by atoms with Crippen molar-refractivity contribution in [3.8, 4) is 5.75 Å². The molecule has 1 nitrogen and oxygen atoms in total. The van der Waals surface area contributed by atoms with Crippen LogP contribution in [0.25, 0.3) is 0 Å². The van der Waals surface area contributed by atoms with Crippen molar-refractivity contribution in [2.24, 2.45) is 0 Å². The van der Waals surface area contributed by atoms with E-state index in [0.29, 0.717) is 5.02 Å². The van der Waals surface area contributed by atoms with Crippen molar-refractivity contribution in [2.75, 3.05) is 7.11 Å². The smallest absolute Gasteiger partial charge is 0.140 e. The van der Waals surface area contributed by atoms with Gasteiger partial charge in [0.1, 0.15) is 5.75 Å². The maximum atomic E-state index is 5.92. The number of benzene rings is 1. The van der Waals surface area contributed by atoms with E-state index in [1.54, 1.807) is 7.11 Å². The van der Waals surface area contributed by atoms with Crippen LogP contribution in [-0.2, 0) is 0 Å². The van der Waals surface area contributed by atoms with E-state index in [1.165, 1.54) is 0 Å². The first-order chi connectivity index (χ1) is 5.66. The molecule has 1 atom stereocenters. The molecule has 0 saturated heterocycles. The number of hydrogen-bond donors (Lipinski definition) is 0. The SMILES string of the molecule is [CH2]C(C)c1cccc(Cl)c1OC. The fourth-order valence-electron chi connectivity index (χ4n) is 1.13. The molecule has 1 aromatic rings. The number of methoxy groups -OCH3 is 1. The quantitative estimate of drug-likeness (QED) is 0.684. The van der Waals surface area contributed by atoms with E-state index in [9.17, 15) is 0 Å². The number of halogens is 1. The monoisotopic (exact) mass is 183 g/mol. The summed E-state index contributed by atoms with van der Waals surface area (Å²) in [4.78, 5) is 0. The van der Waals surface area contributed by atoms with Gasteiger partial charge in [0.15, 0.2) is 0 Å². The predicted molar refractivity (Wildman–Crippen MR) is 51.8 cm³/mol. The molecule has 0 aliphatic carbocycles. The average Bonchev–Trinajstić information content (AvgIpc) is 2.03. The van der Waals surface area contributed by atoms with Crippen LogP contribution in [0.3, 0.4) is 0 Å². The lowest BCUT2D eigenvalue weighted by atomic mass is 10.0. The van der Waals surface area contributed by atoms with Gasteiger partial charge in [-0.05, 0) is 24.5 Å². The highest BCUT2D eigenvalue weighted by Crippen LogP contribution is 2.32. The molecule has 0 aromatic heterocycles. The summed E-state index contributed by atoms with van der Waals surface area (Å²) in [5, 5.41) is 0.644. The second-order valence-electron chi connectivity index (χ2n) is 2.76. The average molecular weight is 184 g/mol. The molecule has 0 aliphatic rings. The Kier molecular flexibility index (Phi) is 2.99. The Balaban J connectivity index is 3.18. The first-order valence-electron chi connectivity index (χ1n) is 3.82. The number of para-hydroxylation sites is 1. The van der Waals surface area contributed by atoms with Crippen LogP contribution < -0.4 is 4.74 Å². The van der Waals surface area contributed by atoms with Crippen molar-refractivity contribution in [1.82, 2.24) is 0 Å². The lowest BCUT2D eigenvalue weighted by Gasteiger charge is -2.12. The van der Waals surface area contributed by atoms with Crippen molar-refractivity contribution in [3.05, 3.63) is 35.7 Å². The van der Waals surface area contributed by atoms with Gasteiger partial charge in [-0.3, -0.25) is 0 Å². The van der Waals surface area contributed by atoms with Crippen molar-refractivity contribution in [2.45, 2.75) is 12.8 Å². The fourth-order valence-corrected chi connectivity index (χ4v) is 1.39. The van der Waals surface area contributed by atoms with Gasteiger partial charge in [0.25, 0.3) is 0 Å². The summed E-state index contributed by atoms with van der Waals surface area (Å²) in [6, 6.07) is 5.69. The van der Waals surface area contributed by atoms with Gasteiger partial charge < -0.3 is 4.74 Å². The summed E-state index contributed by atoms with van der Waals surface area (Å²) in [5.74, 6) is 0.931. The van der Waals surface area contributed by atoms with Crippen molar-refractivity contribution in [1.29, 1.82) is 0 Å². The Bertz CT molecular complexity index is 269.